The molecule has 0 aromatic heterocycles. The van der Waals surface area contributed by atoms with E-state index in [-0.39, 0.29) is 22.7 Å². The number of fused-ring (bicyclic) bond motifs is 5. The maximum absolute atomic E-state index is 12.5. The minimum Gasteiger partial charge on any atom is -0.466 e. The summed E-state index contributed by atoms with van der Waals surface area (Å²) in [5.41, 5.74) is -0.509. The minimum atomic E-state index is -0.562. The van der Waals surface area contributed by atoms with E-state index in [0.29, 0.717) is 55.3 Å². The number of esters is 1. The van der Waals surface area contributed by atoms with Gasteiger partial charge < -0.3 is 9.84 Å². The summed E-state index contributed by atoms with van der Waals surface area (Å²) < 4.78 is 5.27. The van der Waals surface area contributed by atoms with Crippen LogP contribution in [0.4, 0.5) is 0 Å². The summed E-state index contributed by atoms with van der Waals surface area (Å²) in [5.74, 6) is 2.45. The van der Waals surface area contributed by atoms with Crippen LogP contribution in [0.25, 0.3) is 0 Å². The van der Waals surface area contributed by atoms with Crippen molar-refractivity contribution >= 4 is 11.8 Å². The quantitative estimate of drug-likeness (QED) is 0.719. The van der Waals surface area contributed by atoms with Gasteiger partial charge in [-0.25, -0.2) is 0 Å². The Kier molecular flexibility index (Phi) is 4.96. The second kappa shape index (κ2) is 6.82. The standard InChI is InChI=1S/C24H38O4/c1-5-28-21(26)14-16-13-17(25)12-15-6-7-18-19-9-11-23(3,27)22(19,2)10-8-20(18)24(15,16)4/h15-16,18-20,27H,5-14H2,1-4H3/t15?,16?,18-,19-,20-,22-,23?,24+/m0/s1. The van der Waals surface area contributed by atoms with Gasteiger partial charge in [0.05, 0.1) is 12.2 Å². The predicted molar refractivity (Wildman–Crippen MR) is 107 cm³/mol. The lowest BCUT2D eigenvalue weighted by molar-refractivity contribution is -0.172. The first-order chi connectivity index (χ1) is 13.1. The Morgan fingerprint density at radius 2 is 1.79 bits per heavy atom. The molecule has 0 aliphatic heterocycles. The van der Waals surface area contributed by atoms with Gasteiger partial charge in [-0.1, -0.05) is 13.8 Å². The highest BCUT2D eigenvalue weighted by Crippen LogP contribution is 2.69. The molecule has 0 bridgehead atoms. The molecule has 0 aromatic rings. The first-order valence-corrected chi connectivity index (χ1v) is 11.5. The van der Waals surface area contributed by atoms with Gasteiger partial charge in [-0.2, -0.15) is 0 Å². The van der Waals surface area contributed by atoms with Crippen molar-refractivity contribution in [3.8, 4) is 0 Å². The Bertz CT molecular complexity index is 655. The molecule has 0 amide bonds. The van der Waals surface area contributed by atoms with Crippen molar-refractivity contribution in [3.63, 3.8) is 0 Å². The predicted octanol–water partition coefficient (Wildman–Crippen LogP) is 4.53. The van der Waals surface area contributed by atoms with Crippen molar-refractivity contribution < 1.29 is 19.4 Å². The van der Waals surface area contributed by atoms with E-state index in [9.17, 15) is 14.7 Å². The maximum atomic E-state index is 12.5. The summed E-state index contributed by atoms with van der Waals surface area (Å²) in [6.07, 6.45) is 8.10. The van der Waals surface area contributed by atoms with E-state index in [2.05, 4.69) is 13.8 Å². The number of aliphatic hydroxyl groups is 1. The molecule has 3 unspecified atom stereocenters. The van der Waals surface area contributed by atoms with Gasteiger partial charge in [0.1, 0.15) is 5.78 Å². The van der Waals surface area contributed by atoms with Crippen LogP contribution >= 0.6 is 0 Å². The van der Waals surface area contributed by atoms with Crippen molar-refractivity contribution in [2.24, 2.45) is 40.4 Å². The summed E-state index contributed by atoms with van der Waals surface area (Å²) in [6.45, 7) is 9.00. The molecule has 4 rings (SSSR count). The maximum Gasteiger partial charge on any atom is 0.306 e. The summed E-state index contributed by atoms with van der Waals surface area (Å²) in [6, 6.07) is 0. The Balaban J connectivity index is 1.65. The van der Waals surface area contributed by atoms with Crippen molar-refractivity contribution in [3.05, 3.63) is 0 Å². The largest absolute Gasteiger partial charge is 0.466 e. The number of ether oxygens (including phenoxy) is 1. The fraction of sp³-hybridized carbons (Fsp3) is 0.917. The van der Waals surface area contributed by atoms with Crippen LogP contribution in [-0.4, -0.2) is 29.1 Å². The van der Waals surface area contributed by atoms with Crippen LogP contribution in [0.3, 0.4) is 0 Å². The molecule has 0 aromatic carbocycles. The van der Waals surface area contributed by atoms with E-state index in [1.807, 2.05) is 13.8 Å². The van der Waals surface area contributed by atoms with Crippen LogP contribution < -0.4 is 0 Å². The van der Waals surface area contributed by atoms with Crippen LogP contribution in [0.5, 0.6) is 0 Å². The number of hydrogen-bond acceptors (Lipinski definition) is 4. The van der Waals surface area contributed by atoms with Crippen LogP contribution in [0.2, 0.25) is 0 Å². The molecule has 4 fully saturated rings. The zero-order valence-electron chi connectivity index (χ0n) is 18.1. The minimum absolute atomic E-state index is 0.0124. The highest BCUT2D eigenvalue weighted by molar-refractivity contribution is 5.81. The first-order valence-electron chi connectivity index (χ1n) is 11.5. The van der Waals surface area contributed by atoms with Gasteiger partial charge >= 0.3 is 5.97 Å². The molecule has 4 aliphatic rings. The van der Waals surface area contributed by atoms with E-state index >= 15 is 0 Å². The number of Topliss-reactive ketones (excluding diaryl/α,β-unsaturated/α-hetero) is 1. The van der Waals surface area contributed by atoms with Crippen LogP contribution in [0.15, 0.2) is 0 Å². The van der Waals surface area contributed by atoms with Gasteiger partial charge in [0.2, 0.25) is 0 Å². The highest BCUT2D eigenvalue weighted by atomic mass is 16.5. The Hall–Kier alpha value is -0.900. The molecule has 8 atom stereocenters. The average molecular weight is 391 g/mol. The molecular formula is C24H38O4. The number of carbonyl (C=O) groups excluding carboxylic acids is 2. The zero-order chi connectivity index (χ0) is 20.3. The summed E-state index contributed by atoms with van der Waals surface area (Å²) in [7, 11) is 0. The lowest BCUT2D eigenvalue weighted by atomic mass is 9.42. The summed E-state index contributed by atoms with van der Waals surface area (Å²) >= 11 is 0. The van der Waals surface area contributed by atoms with Crippen molar-refractivity contribution in [1.82, 2.24) is 0 Å². The Morgan fingerprint density at radius 3 is 2.50 bits per heavy atom. The van der Waals surface area contributed by atoms with Gasteiger partial charge in [0, 0.05) is 19.3 Å². The molecule has 0 heterocycles. The van der Waals surface area contributed by atoms with Gasteiger partial charge in [0.25, 0.3) is 0 Å². The second-order valence-electron chi connectivity index (χ2n) is 10.9. The monoisotopic (exact) mass is 390 g/mol. The molecule has 4 heteroatoms. The molecular weight excluding hydrogens is 352 g/mol. The van der Waals surface area contributed by atoms with Gasteiger partial charge in [-0.3, -0.25) is 9.59 Å². The lowest BCUT2D eigenvalue weighted by Gasteiger charge is -2.63. The topological polar surface area (TPSA) is 63.6 Å². The number of rotatable bonds is 3. The van der Waals surface area contributed by atoms with Gasteiger partial charge in [-0.05, 0) is 92.8 Å². The Morgan fingerprint density at radius 1 is 1.07 bits per heavy atom. The molecule has 28 heavy (non-hydrogen) atoms. The van der Waals surface area contributed by atoms with E-state index < -0.39 is 5.60 Å². The number of carbonyl (C=O) groups is 2. The molecule has 158 valence electrons. The third-order valence-corrected chi connectivity index (χ3v) is 10.1. The van der Waals surface area contributed by atoms with Crippen LogP contribution in [0, 0.1) is 40.4 Å². The SMILES string of the molecule is CCOC(=O)CC1CC(=O)CC2CC[C@@H]3[C@H](CC[C@@]4(C)[C@H]3CCC4(C)O)[C@]21C. The van der Waals surface area contributed by atoms with Crippen molar-refractivity contribution in [1.29, 1.82) is 0 Å². The normalized spacial score (nSPS) is 50.5. The van der Waals surface area contributed by atoms with E-state index in [1.54, 1.807) is 0 Å². The molecule has 4 aliphatic carbocycles. The van der Waals surface area contributed by atoms with Gasteiger partial charge in [-0.15, -0.1) is 0 Å². The second-order valence-corrected chi connectivity index (χ2v) is 10.9. The fourth-order valence-electron chi connectivity index (χ4n) is 8.24. The number of ketones is 1. The third-order valence-electron chi connectivity index (χ3n) is 10.1. The average Bonchev–Trinajstić information content (AvgIpc) is 2.86. The fourth-order valence-corrected chi connectivity index (χ4v) is 8.24. The van der Waals surface area contributed by atoms with Crippen LogP contribution in [0.1, 0.15) is 85.5 Å². The molecule has 4 saturated carbocycles. The van der Waals surface area contributed by atoms with E-state index in [4.69, 9.17) is 4.74 Å². The highest BCUT2D eigenvalue weighted by Gasteiger charge is 2.64. The van der Waals surface area contributed by atoms with Crippen molar-refractivity contribution in [2.75, 3.05) is 6.61 Å². The molecule has 0 saturated heterocycles. The first kappa shape index (κ1) is 20.4. The molecule has 4 nitrogen and oxygen atoms in total. The van der Waals surface area contributed by atoms with Gasteiger partial charge in [0.15, 0.2) is 0 Å². The zero-order valence-corrected chi connectivity index (χ0v) is 18.1. The summed E-state index contributed by atoms with van der Waals surface area (Å²) in [5, 5.41) is 11.1. The van der Waals surface area contributed by atoms with Crippen molar-refractivity contribution in [2.45, 2.75) is 91.1 Å². The summed E-state index contributed by atoms with van der Waals surface area (Å²) in [4.78, 5) is 24.9. The molecule has 0 radical (unpaired) electrons. The number of hydrogen-bond donors (Lipinski definition) is 1. The smallest absolute Gasteiger partial charge is 0.306 e. The van der Waals surface area contributed by atoms with E-state index in [1.165, 1.54) is 6.42 Å². The Labute approximate surface area is 169 Å². The molecule has 0 spiro atoms. The third kappa shape index (κ3) is 2.80. The van der Waals surface area contributed by atoms with Crippen LogP contribution in [-0.2, 0) is 14.3 Å². The lowest BCUT2D eigenvalue weighted by Crippen LogP contribution is -2.58. The van der Waals surface area contributed by atoms with E-state index in [0.717, 1.165) is 32.1 Å². The molecule has 1 N–H and O–H groups in total.